The Bertz CT molecular complexity index is 327. The molecule has 3 N–H and O–H groups in total. The molecule has 76 valence electrons. The van der Waals surface area contributed by atoms with Crippen LogP contribution in [0.5, 0.6) is 0 Å². The third kappa shape index (κ3) is 1.77. The molecule has 0 spiro atoms. The third-order valence-electron chi connectivity index (χ3n) is 2.48. The summed E-state index contributed by atoms with van der Waals surface area (Å²) < 4.78 is 7.16. The molecule has 14 heavy (non-hydrogen) atoms. The SMILES string of the molecule is N=C(N)c1cnn(C2CCOCC2)c1. The van der Waals surface area contributed by atoms with Gasteiger partial charge in [0.15, 0.2) is 0 Å². The van der Waals surface area contributed by atoms with Crippen molar-refractivity contribution in [3.63, 3.8) is 0 Å². The topological polar surface area (TPSA) is 76.9 Å². The van der Waals surface area contributed by atoms with Crippen LogP contribution in [0.25, 0.3) is 0 Å². The van der Waals surface area contributed by atoms with Crippen LogP contribution >= 0.6 is 0 Å². The van der Waals surface area contributed by atoms with Crippen molar-refractivity contribution in [3.8, 4) is 0 Å². The first kappa shape index (κ1) is 9.21. The quantitative estimate of drug-likeness (QED) is 0.532. The van der Waals surface area contributed by atoms with Crippen molar-refractivity contribution in [2.45, 2.75) is 18.9 Å². The molecule has 1 aliphatic heterocycles. The summed E-state index contributed by atoms with van der Waals surface area (Å²) in [6.07, 6.45) is 5.44. The fourth-order valence-electron chi connectivity index (χ4n) is 1.63. The van der Waals surface area contributed by atoms with Gasteiger partial charge in [-0.25, -0.2) is 0 Å². The zero-order chi connectivity index (χ0) is 9.97. The van der Waals surface area contributed by atoms with Crippen molar-refractivity contribution >= 4 is 5.84 Å². The maximum absolute atomic E-state index is 7.26. The molecule has 0 amide bonds. The number of hydrogen-bond acceptors (Lipinski definition) is 3. The highest BCUT2D eigenvalue weighted by molar-refractivity contribution is 5.94. The van der Waals surface area contributed by atoms with E-state index >= 15 is 0 Å². The predicted octanol–water partition coefficient (Wildman–Crippen LogP) is 0.519. The van der Waals surface area contributed by atoms with Gasteiger partial charge in [0.25, 0.3) is 0 Å². The molecule has 1 fully saturated rings. The minimum Gasteiger partial charge on any atom is -0.384 e. The molecule has 0 unspecified atom stereocenters. The first-order valence-electron chi connectivity index (χ1n) is 4.73. The van der Waals surface area contributed by atoms with Gasteiger partial charge in [-0.2, -0.15) is 5.10 Å². The van der Waals surface area contributed by atoms with Crippen molar-refractivity contribution in [2.24, 2.45) is 5.73 Å². The Morgan fingerprint density at radius 3 is 2.86 bits per heavy atom. The molecule has 0 aliphatic carbocycles. The molecule has 0 bridgehead atoms. The standard InChI is InChI=1S/C9H14N4O/c10-9(11)7-5-12-13(6-7)8-1-3-14-4-2-8/h5-6,8H,1-4H2,(H3,10,11). The molecule has 0 radical (unpaired) electrons. The van der Waals surface area contributed by atoms with E-state index in [9.17, 15) is 0 Å². The molecule has 2 rings (SSSR count). The molecule has 5 heteroatoms. The van der Waals surface area contributed by atoms with Crippen LogP contribution in [-0.2, 0) is 4.74 Å². The van der Waals surface area contributed by atoms with Crippen LogP contribution in [0.4, 0.5) is 0 Å². The maximum Gasteiger partial charge on any atom is 0.125 e. The largest absolute Gasteiger partial charge is 0.384 e. The monoisotopic (exact) mass is 194 g/mol. The van der Waals surface area contributed by atoms with Crippen molar-refractivity contribution in [1.82, 2.24) is 9.78 Å². The number of rotatable bonds is 2. The normalized spacial score (nSPS) is 18.3. The lowest BCUT2D eigenvalue weighted by Gasteiger charge is -2.22. The van der Waals surface area contributed by atoms with Gasteiger partial charge in [-0.3, -0.25) is 10.1 Å². The Labute approximate surface area is 82.4 Å². The fraction of sp³-hybridized carbons (Fsp3) is 0.556. The lowest BCUT2D eigenvalue weighted by Crippen LogP contribution is -2.20. The molecule has 2 heterocycles. The second-order valence-electron chi connectivity index (χ2n) is 3.47. The first-order chi connectivity index (χ1) is 6.77. The summed E-state index contributed by atoms with van der Waals surface area (Å²) in [5.74, 6) is 0.0725. The lowest BCUT2D eigenvalue weighted by molar-refractivity contribution is 0.0662. The first-order valence-corrected chi connectivity index (χ1v) is 4.73. The maximum atomic E-state index is 7.26. The van der Waals surface area contributed by atoms with E-state index in [1.54, 1.807) is 6.20 Å². The number of amidine groups is 1. The second kappa shape index (κ2) is 3.79. The fourth-order valence-corrected chi connectivity index (χ4v) is 1.63. The van der Waals surface area contributed by atoms with Crippen LogP contribution in [-0.4, -0.2) is 28.8 Å². The summed E-state index contributed by atoms with van der Waals surface area (Å²) in [5.41, 5.74) is 6.05. The number of nitrogen functional groups attached to an aromatic ring is 1. The molecule has 1 aromatic rings. The number of nitrogens with zero attached hydrogens (tertiary/aromatic N) is 2. The molecule has 0 atom stereocenters. The predicted molar refractivity (Wildman–Crippen MR) is 52.3 cm³/mol. The molecule has 1 aliphatic rings. The highest BCUT2D eigenvalue weighted by Gasteiger charge is 2.16. The van der Waals surface area contributed by atoms with Gasteiger partial charge in [0.1, 0.15) is 5.84 Å². The summed E-state index contributed by atoms with van der Waals surface area (Å²) in [7, 11) is 0. The second-order valence-corrected chi connectivity index (χ2v) is 3.47. The molecule has 1 saturated heterocycles. The van der Waals surface area contributed by atoms with Crippen LogP contribution < -0.4 is 5.73 Å². The Morgan fingerprint density at radius 2 is 2.29 bits per heavy atom. The third-order valence-corrected chi connectivity index (χ3v) is 2.48. The van der Waals surface area contributed by atoms with Crippen molar-refractivity contribution in [2.75, 3.05) is 13.2 Å². The van der Waals surface area contributed by atoms with E-state index in [1.807, 2.05) is 10.9 Å². The lowest BCUT2D eigenvalue weighted by atomic mass is 10.1. The van der Waals surface area contributed by atoms with E-state index in [4.69, 9.17) is 15.9 Å². The summed E-state index contributed by atoms with van der Waals surface area (Å²) in [5, 5.41) is 11.5. The number of aromatic nitrogens is 2. The van der Waals surface area contributed by atoms with Gasteiger partial charge in [0, 0.05) is 19.4 Å². The van der Waals surface area contributed by atoms with Crippen LogP contribution in [0.1, 0.15) is 24.4 Å². The summed E-state index contributed by atoms with van der Waals surface area (Å²) >= 11 is 0. The minimum absolute atomic E-state index is 0.0725. The van der Waals surface area contributed by atoms with Crippen molar-refractivity contribution in [1.29, 1.82) is 5.41 Å². The van der Waals surface area contributed by atoms with E-state index in [0.717, 1.165) is 26.1 Å². The molecule has 5 nitrogen and oxygen atoms in total. The Kier molecular flexibility index (Phi) is 2.49. The Balaban J connectivity index is 2.11. The van der Waals surface area contributed by atoms with E-state index in [2.05, 4.69) is 5.10 Å². The van der Waals surface area contributed by atoms with Gasteiger partial charge in [0.2, 0.25) is 0 Å². The smallest absolute Gasteiger partial charge is 0.125 e. The van der Waals surface area contributed by atoms with Gasteiger partial charge in [-0.05, 0) is 12.8 Å². The summed E-state index contributed by atoms with van der Waals surface area (Å²) in [6, 6.07) is 0.400. The van der Waals surface area contributed by atoms with Crippen molar-refractivity contribution < 1.29 is 4.74 Å². The molecule has 0 aromatic carbocycles. The highest BCUT2D eigenvalue weighted by atomic mass is 16.5. The van der Waals surface area contributed by atoms with E-state index < -0.39 is 0 Å². The van der Waals surface area contributed by atoms with Gasteiger partial charge in [-0.15, -0.1) is 0 Å². The number of ether oxygens (including phenoxy) is 1. The van der Waals surface area contributed by atoms with Crippen LogP contribution in [0.3, 0.4) is 0 Å². The zero-order valence-electron chi connectivity index (χ0n) is 7.94. The summed E-state index contributed by atoms with van der Waals surface area (Å²) in [6.45, 7) is 1.58. The Morgan fingerprint density at radius 1 is 1.57 bits per heavy atom. The van der Waals surface area contributed by atoms with Crippen LogP contribution in [0.15, 0.2) is 12.4 Å². The zero-order valence-corrected chi connectivity index (χ0v) is 7.94. The van der Waals surface area contributed by atoms with E-state index in [0.29, 0.717) is 11.6 Å². The molecule has 1 aromatic heterocycles. The average molecular weight is 194 g/mol. The summed E-state index contributed by atoms with van der Waals surface area (Å²) in [4.78, 5) is 0. The molecular formula is C9H14N4O. The minimum atomic E-state index is 0.0725. The van der Waals surface area contributed by atoms with Crippen LogP contribution in [0, 0.1) is 5.41 Å². The van der Waals surface area contributed by atoms with Crippen molar-refractivity contribution in [3.05, 3.63) is 18.0 Å². The van der Waals surface area contributed by atoms with Gasteiger partial charge >= 0.3 is 0 Å². The van der Waals surface area contributed by atoms with Gasteiger partial charge in [-0.1, -0.05) is 0 Å². The van der Waals surface area contributed by atoms with Gasteiger partial charge < -0.3 is 10.5 Å². The van der Waals surface area contributed by atoms with E-state index in [1.165, 1.54) is 0 Å². The molecular weight excluding hydrogens is 180 g/mol. The number of nitrogens with two attached hydrogens (primary N) is 1. The van der Waals surface area contributed by atoms with E-state index in [-0.39, 0.29) is 5.84 Å². The highest BCUT2D eigenvalue weighted by Crippen LogP contribution is 2.19. The Hall–Kier alpha value is -1.36. The van der Waals surface area contributed by atoms with Crippen LogP contribution in [0.2, 0.25) is 0 Å². The number of nitrogens with one attached hydrogen (secondary N) is 1. The average Bonchev–Trinajstić information content (AvgIpc) is 2.68. The number of hydrogen-bond donors (Lipinski definition) is 2. The van der Waals surface area contributed by atoms with Gasteiger partial charge in [0.05, 0.1) is 17.8 Å². The molecule has 0 saturated carbocycles.